The highest BCUT2D eigenvalue weighted by molar-refractivity contribution is 6.16. The third-order valence-electron chi connectivity index (χ3n) is 4.82. The molecule has 2 heterocycles. The zero-order valence-corrected chi connectivity index (χ0v) is 16.0. The number of fused-ring (bicyclic) bond motifs is 1. The maximum Gasteiger partial charge on any atom is 0.418 e. The zero-order chi connectivity index (χ0) is 23.1. The zero-order valence-electron chi connectivity index (χ0n) is 16.0. The summed E-state index contributed by atoms with van der Waals surface area (Å²) in [5.41, 5.74) is -2.84. The van der Waals surface area contributed by atoms with Crippen molar-refractivity contribution in [2.24, 2.45) is 0 Å². The number of hydrogen-bond acceptors (Lipinski definition) is 3. The van der Waals surface area contributed by atoms with E-state index in [0.29, 0.717) is 0 Å². The molecule has 0 spiro atoms. The van der Waals surface area contributed by atoms with Crippen molar-refractivity contribution in [3.05, 3.63) is 95.4 Å². The topological polar surface area (TPSA) is 42.9 Å². The summed E-state index contributed by atoms with van der Waals surface area (Å²) in [6.07, 6.45) is -7.12. The maximum atomic E-state index is 13.5. The fourth-order valence-corrected chi connectivity index (χ4v) is 3.42. The van der Waals surface area contributed by atoms with E-state index in [1.165, 1.54) is 24.4 Å². The Morgan fingerprint density at radius 1 is 0.781 bits per heavy atom. The van der Waals surface area contributed by atoms with Gasteiger partial charge in [0.15, 0.2) is 0 Å². The van der Waals surface area contributed by atoms with Gasteiger partial charge in [-0.2, -0.15) is 26.3 Å². The summed E-state index contributed by atoms with van der Waals surface area (Å²) in [6.45, 7) is 0. The molecule has 0 saturated heterocycles. The van der Waals surface area contributed by atoms with Crippen LogP contribution in [0.3, 0.4) is 0 Å². The van der Waals surface area contributed by atoms with Gasteiger partial charge >= 0.3 is 12.4 Å². The van der Waals surface area contributed by atoms with Crippen molar-refractivity contribution in [1.29, 1.82) is 0 Å². The molecular weight excluding hydrogens is 434 g/mol. The van der Waals surface area contributed by atoms with E-state index in [1.807, 2.05) is 0 Å². The Morgan fingerprint density at radius 2 is 1.53 bits per heavy atom. The number of pyridine rings is 2. The van der Waals surface area contributed by atoms with E-state index in [9.17, 15) is 31.1 Å². The maximum absolute atomic E-state index is 13.5. The predicted octanol–water partition coefficient (Wildman–Crippen LogP) is 6.57. The predicted molar refractivity (Wildman–Crippen MR) is 105 cm³/mol. The fourth-order valence-electron chi connectivity index (χ4n) is 3.42. The van der Waals surface area contributed by atoms with Crippen LogP contribution in [0.1, 0.15) is 27.2 Å². The van der Waals surface area contributed by atoms with Crippen LogP contribution in [-0.2, 0) is 12.4 Å². The number of alkyl halides is 6. The van der Waals surface area contributed by atoms with E-state index in [4.69, 9.17) is 0 Å². The number of aromatic nitrogens is 2. The van der Waals surface area contributed by atoms with Gasteiger partial charge in [-0.15, -0.1) is 0 Å². The molecule has 32 heavy (non-hydrogen) atoms. The number of halogens is 6. The van der Waals surface area contributed by atoms with Crippen LogP contribution >= 0.6 is 0 Å². The van der Waals surface area contributed by atoms with Crippen LogP contribution in [-0.4, -0.2) is 15.8 Å². The number of ketones is 1. The van der Waals surface area contributed by atoms with Crippen molar-refractivity contribution in [3.63, 3.8) is 0 Å². The Balaban J connectivity index is 2.07. The molecule has 0 radical (unpaired) electrons. The molecule has 2 aromatic heterocycles. The van der Waals surface area contributed by atoms with Gasteiger partial charge in [0.05, 0.1) is 22.2 Å². The quantitative estimate of drug-likeness (QED) is 0.264. The number of rotatable bonds is 3. The summed E-state index contributed by atoms with van der Waals surface area (Å²) in [7, 11) is 0. The molecule has 3 nitrogen and oxygen atoms in total. The highest BCUT2D eigenvalue weighted by Gasteiger charge is 2.35. The second-order valence-electron chi connectivity index (χ2n) is 6.87. The Kier molecular flexibility index (Phi) is 5.20. The summed E-state index contributed by atoms with van der Waals surface area (Å²) in [5, 5.41) is -0.0964. The Hall–Kier alpha value is -3.75. The van der Waals surface area contributed by atoms with Gasteiger partial charge in [-0.05, 0) is 35.9 Å². The number of nitrogens with zero attached hydrogens (tertiary/aromatic N) is 2. The second-order valence-corrected chi connectivity index (χ2v) is 6.87. The van der Waals surface area contributed by atoms with Gasteiger partial charge < -0.3 is 0 Å². The van der Waals surface area contributed by atoms with Gasteiger partial charge in [0.1, 0.15) is 5.69 Å². The number of hydrogen-bond donors (Lipinski definition) is 0. The Labute approximate surface area is 177 Å². The van der Waals surface area contributed by atoms with Crippen molar-refractivity contribution >= 4 is 16.7 Å². The average molecular weight is 446 g/mol. The first-order chi connectivity index (χ1) is 15.1. The molecule has 9 heteroatoms. The van der Waals surface area contributed by atoms with Crippen molar-refractivity contribution in [2.45, 2.75) is 12.4 Å². The molecule has 4 aromatic rings. The molecule has 0 aliphatic carbocycles. The van der Waals surface area contributed by atoms with Gasteiger partial charge in [-0.3, -0.25) is 14.8 Å². The summed E-state index contributed by atoms with van der Waals surface area (Å²) < 4.78 is 80.5. The van der Waals surface area contributed by atoms with Crippen LogP contribution in [0.2, 0.25) is 0 Å². The van der Waals surface area contributed by atoms with Gasteiger partial charge in [0, 0.05) is 23.3 Å². The molecule has 0 atom stereocenters. The average Bonchev–Trinajstić information content (AvgIpc) is 2.77. The van der Waals surface area contributed by atoms with Crippen molar-refractivity contribution < 1.29 is 31.1 Å². The first-order valence-corrected chi connectivity index (χ1v) is 9.19. The van der Waals surface area contributed by atoms with Crippen molar-refractivity contribution in [2.75, 3.05) is 0 Å². The molecule has 0 N–H and O–H groups in total. The minimum Gasteiger partial charge on any atom is -0.287 e. The highest BCUT2D eigenvalue weighted by atomic mass is 19.4. The molecule has 4 rings (SSSR count). The third kappa shape index (κ3) is 3.93. The lowest BCUT2D eigenvalue weighted by molar-refractivity contribution is -0.138. The van der Waals surface area contributed by atoms with Crippen LogP contribution < -0.4 is 0 Å². The van der Waals surface area contributed by atoms with Gasteiger partial charge in [0.2, 0.25) is 5.78 Å². The normalized spacial score (nSPS) is 12.2. The molecule has 0 fully saturated rings. The van der Waals surface area contributed by atoms with E-state index < -0.39 is 34.8 Å². The molecule has 2 aromatic carbocycles. The summed E-state index contributed by atoms with van der Waals surface area (Å²) in [5.74, 6) is -0.676. The first kappa shape index (κ1) is 21.5. The van der Waals surface area contributed by atoms with Crippen LogP contribution in [0.25, 0.3) is 22.0 Å². The summed E-state index contributed by atoms with van der Waals surface area (Å²) in [4.78, 5) is 20.9. The number of benzene rings is 2. The van der Waals surface area contributed by atoms with E-state index >= 15 is 0 Å². The lowest BCUT2D eigenvalue weighted by atomic mass is 9.91. The Bertz CT molecular complexity index is 1310. The molecule has 0 aliphatic rings. The molecule has 0 amide bonds. The summed E-state index contributed by atoms with van der Waals surface area (Å²) >= 11 is 0. The molecule has 162 valence electrons. The molecule has 0 unspecified atom stereocenters. The minimum atomic E-state index is -4.75. The highest BCUT2D eigenvalue weighted by Crippen LogP contribution is 2.40. The van der Waals surface area contributed by atoms with Gasteiger partial charge in [-0.25, -0.2) is 0 Å². The molecule has 0 bridgehead atoms. The van der Waals surface area contributed by atoms with E-state index in [2.05, 4.69) is 9.97 Å². The monoisotopic (exact) mass is 446 g/mol. The van der Waals surface area contributed by atoms with Gasteiger partial charge in [-0.1, -0.05) is 30.3 Å². The van der Waals surface area contributed by atoms with Crippen molar-refractivity contribution in [1.82, 2.24) is 9.97 Å². The van der Waals surface area contributed by atoms with E-state index in [0.717, 1.165) is 36.5 Å². The summed E-state index contributed by atoms with van der Waals surface area (Å²) in [6, 6.07) is 11.8. The molecular formula is C23H12F6N2O. The molecule has 0 saturated carbocycles. The second kappa shape index (κ2) is 7.74. The SMILES string of the molecule is O=C(c1ccccn1)c1cnc2c(C(F)(F)F)cccc2c1-c1cccc(C(F)(F)F)c1. The largest absolute Gasteiger partial charge is 0.418 e. The van der Waals surface area contributed by atoms with E-state index in [-0.39, 0.29) is 27.8 Å². The standard InChI is InChI=1S/C23H12F6N2O/c24-22(25,26)14-6-3-5-13(11-14)19-15-7-4-8-17(23(27,28)29)20(15)31-12-16(19)21(32)18-9-1-2-10-30-18/h1-12H. The first-order valence-electron chi connectivity index (χ1n) is 9.19. The van der Waals surface area contributed by atoms with Crippen molar-refractivity contribution in [3.8, 4) is 11.1 Å². The lowest BCUT2D eigenvalue weighted by Gasteiger charge is -2.16. The number of carbonyl (C=O) groups excluding carboxylic acids is 1. The number of para-hydroxylation sites is 1. The minimum absolute atomic E-state index is 0.0196. The number of carbonyl (C=O) groups is 1. The van der Waals surface area contributed by atoms with Crippen LogP contribution in [0, 0.1) is 0 Å². The smallest absolute Gasteiger partial charge is 0.287 e. The molecule has 0 aliphatic heterocycles. The van der Waals surface area contributed by atoms with Crippen LogP contribution in [0.4, 0.5) is 26.3 Å². The van der Waals surface area contributed by atoms with Crippen LogP contribution in [0.5, 0.6) is 0 Å². The third-order valence-corrected chi connectivity index (χ3v) is 4.82. The van der Waals surface area contributed by atoms with Crippen LogP contribution in [0.15, 0.2) is 73.1 Å². The Morgan fingerprint density at radius 3 is 2.19 bits per heavy atom. The fraction of sp³-hybridized carbons (Fsp3) is 0.0870. The van der Waals surface area contributed by atoms with Gasteiger partial charge in [0.25, 0.3) is 0 Å². The lowest BCUT2D eigenvalue weighted by Crippen LogP contribution is -2.10. The van der Waals surface area contributed by atoms with E-state index in [1.54, 1.807) is 12.1 Å².